The van der Waals surface area contributed by atoms with Gasteiger partial charge < -0.3 is 9.47 Å². The van der Waals surface area contributed by atoms with Gasteiger partial charge in [0.15, 0.2) is 0 Å². The first-order valence-corrected chi connectivity index (χ1v) is 2.73. The number of hydrogen-bond acceptors (Lipinski definition) is 3. The van der Waals surface area contributed by atoms with Crippen LogP contribution in [0, 0.1) is 0 Å². The molecule has 0 bridgehead atoms. The van der Waals surface area contributed by atoms with E-state index in [-0.39, 0.29) is 0 Å². The molecular formula is C5H9NO2. The van der Waals surface area contributed by atoms with Crippen molar-refractivity contribution in [3.05, 3.63) is 0 Å². The molecule has 3 nitrogen and oxygen atoms in total. The van der Waals surface area contributed by atoms with Crippen LogP contribution in [0.4, 0.5) is 0 Å². The molecule has 0 aromatic heterocycles. The number of nitrogens with zero attached hydrogens (tertiary/aromatic N) is 1. The molecule has 3 heteroatoms. The summed E-state index contributed by atoms with van der Waals surface area (Å²) in [6.45, 7) is 3.97. The molecule has 0 atom stereocenters. The highest BCUT2D eigenvalue weighted by molar-refractivity contribution is 5.68. The third-order valence-corrected chi connectivity index (χ3v) is 0.826. The first kappa shape index (κ1) is 5.41. The molecule has 1 rings (SSSR count). The molecule has 0 aromatic rings. The van der Waals surface area contributed by atoms with E-state index in [0.717, 1.165) is 6.54 Å². The van der Waals surface area contributed by atoms with Crippen LogP contribution in [-0.2, 0) is 9.47 Å². The molecule has 0 N–H and O–H groups in total. The largest absolute Gasteiger partial charge is 0.451 e. The summed E-state index contributed by atoms with van der Waals surface area (Å²) >= 11 is 0. The Hall–Kier alpha value is -0.730. The molecule has 0 aliphatic carbocycles. The summed E-state index contributed by atoms with van der Waals surface area (Å²) in [6, 6.07) is 0. The second kappa shape index (κ2) is 2.55. The zero-order valence-corrected chi connectivity index (χ0v) is 4.89. The molecule has 1 aliphatic rings. The molecule has 0 radical (unpaired) electrons. The minimum atomic E-state index is 0.451. The molecule has 0 amide bonds. The summed E-state index contributed by atoms with van der Waals surface area (Å²) in [5, 5.41) is 0. The monoisotopic (exact) mass is 115 g/mol. The normalized spacial score (nSPS) is 17.4. The van der Waals surface area contributed by atoms with E-state index >= 15 is 0 Å². The lowest BCUT2D eigenvalue weighted by atomic mass is 10.8. The quantitative estimate of drug-likeness (QED) is 0.495. The fourth-order valence-corrected chi connectivity index (χ4v) is 0.526. The van der Waals surface area contributed by atoms with Crippen molar-refractivity contribution in [2.75, 3.05) is 19.8 Å². The van der Waals surface area contributed by atoms with E-state index in [1.165, 1.54) is 0 Å². The molecule has 0 unspecified atom stereocenters. The SMILES string of the molecule is CCOC1=NCCO1. The van der Waals surface area contributed by atoms with E-state index in [2.05, 4.69) is 4.99 Å². The molecule has 1 aliphatic heterocycles. The van der Waals surface area contributed by atoms with Gasteiger partial charge in [0.2, 0.25) is 0 Å². The van der Waals surface area contributed by atoms with Gasteiger partial charge in [0.25, 0.3) is 0 Å². The summed E-state index contributed by atoms with van der Waals surface area (Å²) in [4.78, 5) is 3.90. The number of ether oxygens (including phenoxy) is 2. The molecule has 0 saturated heterocycles. The Balaban J connectivity index is 2.23. The minimum absolute atomic E-state index is 0.451. The lowest BCUT2D eigenvalue weighted by Crippen LogP contribution is -2.03. The number of rotatable bonds is 1. The highest BCUT2D eigenvalue weighted by Gasteiger charge is 2.05. The number of aliphatic imine (C=N–C) groups is 1. The number of hydrogen-bond donors (Lipinski definition) is 0. The van der Waals surface area contributed by atoms with Gasteiger partial charge in [0, 0.05) is 0 Å². The van der Waals surface area contributed by atoms with Crippen LogP contribution >= 0.6 is 0 Å². The van der Waals surface area contributed by atoms with Crippen molar-refractivity contribution in [1.82, 2.24) is 0 Å². The molecule has 0 saturated carbocycles. The predicted molar refractivity (Wildman–Crippen MR) is 29.9 cm³/mol. The van der Waals surface area contributed by atoms with Gasteiger partial charge in [-0.3, -0.25) is 0 Å². The van der Waals surface area contributed by atoms with Crippen molar-refractivity contribution in [2.24, 2.45) is 4.99 Å². The summed E-state index contributed by atoms with van der Waals surface area (Å²) in [7, 11) is 0. The van der Waals surface area contributed by atoms with E-state index in [1.807, 2.05) is 6.92 Å². The Labute approximate surface area is 48.3 Å². The summed E-state index contributed by atoms with van der Waals surface area (Å²) in [5.74, 6) is 0. The van der Waals surface area contributed by atoms with Gasteiger partial charge in [-0.2, -0.15) is 0 Å². The standard InChI is InChI=1S/C5H9NO2/c1-2-7-5-6-3-4-8-5/h2-4H2,1H3. The van der Waals surface area contributed by atoms with Crippen LogP contribution < -0.4 is 0 Å². The van der Waals surface area contributed by atoms with E-state index in [4.69, 9.17) is 9.47 Å². The third kappa shape index (κ3) is 1.12. The Morgan fingerprint density at radius 1 is 1.88 bits per heavy atom. The topological polar surface area (TPSA) is 30.8 Å². The maximum atomic E-state index is 4.93. The van der Waals surface area contributed by atoms with E-state index in [0.29, 0.717) is 19.3 Å². The van der Waals surface area contributed by atoms with Gasteiger partial charge >= 0.3 is 6.08 Å². The third-order valence-electron chi connectivity index (χ3n) is 0.826. The van der Waals surface area contributed by atoms with E-state index < -0.39 is 0 Å². The fourth-order valence-electron chi connectivity index (χ4n) is 0.526. The van der Waals surface area contributed by atoms with Gasteiger partial charge in [-0.15, -0.1) is 0 Å². The molecular weight excluding hydrogens is 106 g/mol. The van der Waals surface area contributed by atoms with Gasteiger partial charge in [0.1, 0.15) is 6.61 Å². The van der Waals surface area contributed by atoms with Crippen LogP contribution in [-0.4, -0.2) is 25.8 Å². The lowest BCUT2D eigenvalue weighted by molar-refractivity contribution is 0.199. The van der Waals surface area contributed by atoms with Crippen LogP contribution in [0.3, 0.4) is 0 Å². The van der Waals surface area contributed by atoms with E-state index in [1.54, 1.807) is 0 Å². The Morgan fingerprint density at radius 2 is 2.75 bits per heavy atom. The van der Waals surface area contributed by atoms with Crippen molar-refractivity contribution in [3.63, 3.8) is 0 Å². The fraction of sp³-hybridized carbons (Fsp3) is 0.800. The lowest BCUT2D eigenvalue weighted by Gasteiger charge is -1.98. The van der Waals surface area contributed by atoms with Crippen molar-refractivity contribution < 1.29 is 9.47 Å². The van der Waals surface area contributed by atoms with Crippen molar-refractivity contribution in [2.45, 2.75) is 6.92 Å². The van der Waals surface area contributed by atoms with Crippen LogP contribution in [0.25, 0.3) is 0 Å². The summed E-state index contributed by atoms with van der Waals surface area (Å²) in [5.41, 5.74) is 0. The molecule has 0 fully saturated rings. The molecule has 1 heterocycles. The molecule has 0 aromatic carbocycles. The van der Waals surface area contributed by atoms with Crippen LogP contribution in [0.5, 0.6) is 0 Å². The van der Waals surface area contributed by atoms with Gasteiger partial charge in [-0.05, 0) is 6.92 Å². The summed E-state index contributed by atoms with van der Waals surface area (Å²) in [6.07, 6.45) is 0.451. The zero-order valence-electron chi connectivity index (χ0n) is 4.89. The second-order valence-electron chi connectivity index (χ2n) is 1.43. The zero-order chi connectivity index (χ0) is 5.82. The first-order chi connectivity index (χ1) is 3.93. The van der Waals surface area contributed by atoms with Gasteiger partial charge in [-0.1, -0.05) is 0 Å². The molecule has 46 valence electrons. The van der Waals surface area contributed by atoms with Crippen molar-refractivity contribution in [1.29, 1.82) is 0 Å². The first-order valence-electron chi connectivity index (χ1n) is 2.73. The van der Waals surface area contributed by atoms with Crippen LogP contribution in [0.1, 0.15) is 6.92 Å². The molecule has 0 spiro atoms. The van der Waals surface area contributed by atoms with Gasteiger partial charge in [-0.25, -0.2) is 4.99 Å². The Kier molecular flexibility index (Phi) is 1.72. The van der Waals surface area contributed by atoms with Crippen LogP contribution in [0.2, 0.25) is 0 Å². The second-order valence-corrected chi connectivity index (χ2v) is 1.43. The maximum Gasteiger partial charge on any atom is 0.383 e. The average molecular weight is 115 g/mol. The van der Waals surface area contributed by atoms with Crippen LogP contribution in [0.15, 0.2) is 4.99 Å². The highest BCUT2D eigenvalue weighted by atomic mass is 16.7. The van der Waals surface area contributed by atoms with Crippen molar-refractivity contribution >= 4 is 6.08 Å². The maximum absolute atomic E-state index is 4.93. The average Bonchev–Trinajstić information content (AvgIpc) is 2.19. The Morgan fingerprint density at radius 3 is 3.25 bits per heavy atom. The summed E-state index contributed by atoms with van der Waals surface area (Å²) < 4.78 is 9.85. The predicted octanol–water partition coefficient (Wildman–Crippen LogP) is 0.409. The van der Waals surface area contributed by atoms with Crippen molar-refractivity contribution in [3.8, 4) is 0 Å². The smallest absolute Gasteiger partial charge is 0.383 e. The molecule has 8 heavy (non-hydrogen) atoms. The van der Waals surface area contributed by atoms with E-state index in [9.17, 15) is 0 Å². The Bertz CT molecular complexity index is 101. The minimum Gasteiger partial charge on any atom is -0.451 e. The van der Waals surface area contributed by atoms with Gasteiger partial charge in [0.05, 0.1) is 13.2 Å². The highest BCUT2D eigenvalue weighted by Crippen LogP contribution is 1.93.